The highest BCUT2D eigenvalue weighted by molar-refractivity contribution is 5.79. The van der Waals surface area contributed by atoms with Crippen LogP contribution >= 0.6 is 0 Å². The van der Waals surface area contributed by atoms with E-state index in [4.69, 9.17) is 0 Å². The number of aromatic nitrogens is 5. The van der Waals surface area contributed by atoms with E-state index in [0.29, 0.717) is 5.82 Å². The highest BCUT2D eigenvalue weighted by Gasteiger charge is 2.46. The maximum atomic E-state index is 14.4. The summed E-state index contributed by atoms with van der Waals surface area (Å²) in [7, 11) is 0. The van der Waals surface area contributed by atoms with E-state index in [0.717, 1.165) is 29.8 Å². The topological polar surface area (TPSA) is 67.4 Å². The largest absolute Gasteiger partial charge is 0.295 e. The van der Waals surface area contributed by atoms with E-state index >= 15 is 0 Å². The SMILES string of the molecule is CC1(c2cnnn2N2C=NC3c4ccccc4-n4c(cnc4F)N32)CC1. The summed E-state index contributed by atoms with van der Waals surface area (Å²) in [6, 6.07) is 7.66. The molecule has 26 heavy (non-hydrogen) atoms. The van der Waals surface area contributed by atoms with E-state index in [2.05, 4.69) is 27.2 Å². The second-order valence-corrected chi connectivity index (χ2v) is 7.15. The summed E-state index contributed by atoms with van der Waals surface area (Å²) < 4.78 is 15.9. The number of imidazole rings is 1. The first-order valence-corrected chi connectivity index (χ1v) is 8.53. The molecule has 1 aromatic carbocycles. The summed E-state index contributed by atoms with van der Waals surface area (Å²) >= 11 is 0. The molecule has 1 saturated carbocycles. The minimum Gasteiger partial charge on any atom is -0.253 e. The fraction of sp³-hybridized carbons (Fsp3) is 0.294. The molecule has 0 radical (unpaired) electrons. The summed E-state index contributed by atoms with van der Waals surface area (Å²) in [5, 5.41) is 12.1. The monoisotopic (exact) mass is 350 g/mol. The van der Waals surface area contributed by atoms with Crippen LogP contribution in [0.1, 0.15) is 37.2 Å². The quantitative estimate of drug-likeness (QED) is 0.708. The number of fused-ring (bicyclic) bond motifs is 6. The molecule has 1 atom stereocenters. The van der Waals surface area contributed by atoms with Crippen LogP contribution in [-0.4, -0.2) is 31.0 Å². The molecule has 1 aliphatic carbocycles. The molecule has 0 bridgehead atoms. The van der Waals surface area contributed by atoms with Gasteiger partial charge in [0.2, 0.25) is 0 Å². The number of anilines is 1. The van der Waals surface area contributed by atoms with E-state index in [-0.39, 0.29) is 11.6 Å². The van der Waals surface area contributed by atoms with Gasteiger partial charge in [0.05, 0.1) is 23.8 Å². The van der Waals surface area contributed by atoms with Gasteiger partial charge in [-0.2, -0.15) is 9.51 Å². The van der Waals surface area contributed by atoms with Crippen LogP contribution in [0, 0.1) is 6.08 Å². The van der Waals surface area contributed by atoms with Crippen LogP contribution in [0.5, 0.6) is 0 Å². The zero-order chi connectivity index (χ0) is 17.5. The molecule has 2 aliphatic heterocycles. The molecule has 9 heteroatoms. The van der Waals surface area contributed by atoms with Gasteiger partial charge in [0.1, 0.15) is 6.34 Å². The number of hydrogen-bond acceptors (Lipinski definition) is 6. The molecule has 3 aromatic rings. The number of nitrogens with zero attached hydrogens (tertiary/aromatic N) is 8. The molecule has 0 amide bonds. The van der Waals surface area contributed by atoms with Gasteiger partial charge >= 0.3 is 0 Å². The van der Waals surface area contributed by atoms with Crippen molar-refractivity contribution in [1.29, 1.82) is 0 Å². The van der Waals surface area contributed by atoms with Gasteiger partial charge in [-0.3, -0.25) is 4.57 Å². The van der Waals surface area contributed by atoms with E-state index in [1.807, 2.05) is 29.3 Å². The van der Waals surface area contributed by atoms with Gasteiger partial charge in [-0.15, -0.1) is 9.89 Å². The highest BCUT2D eigenvalue weighted by atomic mass is 19.1. The zero-order valence-corrected chi connectivity index (χ0v) is 14.0. The van der Waals surface area contributed by atoms with Crippen molar-refractivity contribution >= 4 is 12.2 Å². The Bertz CT molecular complexity index is 1060. The fourth-order valence-corrected chi connectivity index (χ4v) is 3.77. The lowest BCUT2D eigenvalue weighted by atomic mass is 10.1. The molecule has 130 valence electrons. The van der Waals surface area contributed by atoms with Gasteiger partial charge in [-0.05, 0) is 24.1 Å². The molecular formula is C17H15FN8. The van der Waals surface area contributed by atoms with Gasteiger partial charge in [-0.1, -0.05) is 25.1 Å². The lowest BCUT2D eigenvalue weighted by molar-refractivity contribution is 0.485. The van der Waals surface area contributed by atoms with Crippen LogP contribution in [0.2, 0.25) is 0 Å². The number of hydrazine groups is 1. The smallest absolute Gasteiger partial charge is 0.253 e. The summed E-state index contributed by atoms with van der Waals surface area (Å²) in [6.07, 6.45) is 6.39. The van der Waals surface area contributed by atoms with Crippen molar-refractivity contribution in [3.63, 3.8) is 0 Å². The van der Waals surface area contributed by atoms with Crippen LogP contribution in [0.25, 0.3) is 5.69 Å². The average molecular weight is 350 g/mol. The van der Waals surface area contributed by atoms with E-state index in [9.17, 15) is 4.39 Å². The van der Waals surface area contributed by atoms with E-state index in [1.54, 1.807) is 22.4 Å². The maximum absolute atomic E-state index is 14.4. The van der Waals surface area contributed by atoms with Gasteiger partial charge < -0.3 is 0 Å². The number of halogens is 1. The summed E-state index contributed by atoms with van der Waals surface area (Å²) in [5.74, 6) is 0.603. The van der Waals surface area contributed by atoms with Crippen LogP contribution in [0.3, 0.4) is 0 Å². The molecule has 8 nitrogen and oxygen atoms in total. The lowest BCUT2D eigenvalue weighted by Gasteiger charge is -2.37. The predicted molar refractivity (Wildman–Crippen MR) is 92.1 cm³/mol. The Hall–Kier alpha value is -3.23. The van der Waals surface area contributed by atoms with Crippen molar-refractivity contribution in [3.8, 4) is 5.69 Å². The summed E-state index contributed by atoms with van der Waals surface area (Å²) in [6.45, 7) is 2.20. The Morgan fingerprint density at radius 2 is 2.04 bits per heavy atom. The van der Waals surface area contributed by atoms with Crippen molar-refractivity contribution in [2.24, 2.45) is 4.99 Å². The zero-order valence-electron chi connectivity index (χ0n) is 14.0. The molecule has 1 unspecified atom stereocenters. The summed E-state index contributed by atoms with van der Waals surface area (Å²) in [5.41, 5.74) is 2.77. The Balaban J connectivity index is 1.54. The van der Waals surface area contributed by atoms with Crippen LogP contribution in [0.15, 0.2) is 41.7 Å². The number of hydrogen-bond donors (Lipinski definition) is 0. The van der Waals surface area contributed by atoms with Crippen molar-refractivity contribution < 1.29 is 4.39 Å². The van der Waals surface area contributed by atoms with Gasteiger partial charge in [-0.25, -0.2) is 15.0 Å². The van der Waals surface area contributed by atoms with Crippen LogP contribution in [0.4, 0.5) is 10.2 Å². The third-order valence-corrected chi connectivity index (χ3v) is 5.50. The predicted octanol–water partition coefficient (Wildman–Crippen LogP) is 2.07. The number of para-hydroxylation sites is 1. The first kappa shape index (κ1) is 14.0. The molecule has 0 spiro atoms. The van der Waals surface area contributed by atoms with Gasteiger partial charge in [0.15, 0.2) is 12.0 Å². The third-order valence-electron chi connectivity index (χ3n) is 5.50. The Morgan fingerprint density at radius 1 is 1.19 bits per heavy atom. The van der Waals surface area contributed by atoms with Gasteiger partial charge in [0, 0.05) is 11.0 Å². The fourth-order valence-electron chi connectivity index (χ4n) is 3.77. The normalized spacial score (nSPS) is 21.5. The number of aliphatic imine (C=N–C) groups is 1. The minimum absolute atomic E-state index is 0.0780. The number of rotatable bonds is 2. The Morgan fingerprint density at radius 3 is 2.88 bits per heavy atom. The van der Waals surface area contributed by atoms with Crippen molar-refractivity contribution in [2.75, 3.05) is 10.1 Å². The molecular weight excluding hydrogens is 335 g/mol. The number of benzene rings is 1. The first-order chi connectivity index (χ1) is 12.7. The molecule has 0 N–H and O–H groups in total. The van der Waals surface area contributed by atoms with Crippen molar-refractivity contribution in [1.82, 2.24) is 24.7 Å². The third kappa shape index (κ3) is 1.62. The standard InChI is InChI=1S/C17H15FN8/c1-17(6-7-17)13-8-21-22-26(13)23-10-20-15-11-4-2-3-5-12(11)24-14(25(15)23)9-19-16(24)18/h2-5,8-10,15H,6-7H2,1H3. The lowest BCUT2D eigenvalue weighted by Crippen LogP contribution is -2.50. The summed E-state index contributed by atoms with van der Waals surface area (Å²) in [4.78, 5) is 10.3. The molecule has 4 heterocycles. The van der Waals surface area contributed by atoms with Crippen LogP contribution < -0.4 is 10.1 Å². The molecule has 1 fully saturated rings. The minimum atomic E-state index is -0.550. The van der Waals surface area contributed by atoms with Crippen LogP contribution in [-0.2, 0) is 5.41 Å². The highest BCUT2D eigenvalue weighted by Crippen LogP contribution is 2.48. The Kier molecular flexibility index (Phi) is 2.41. The van der Waals surface area contributed by atoms with E-state index in [1.165, 1.54) is 10.8 Å². The average Bonchev–Trinajstić information content (AvgIpc) is 3.06. The Labute approximate surface area is 148 Å². The first-order valence-electron chi connectivity index (χ1n) is 8.53. The molecule has 0 saturated heterocycles. The second-order valence-electron chi connectivity index (χ2n) is 7.15. The van der Waals surface area contributed by atoms with Crippen molar-refractivity contribution in [2.45, 2.75) is 31.3 Å². The van der Waals surface area contributed by atoms with Gasteiger partial charge in [0.25, 0.3) is 6.08 Å². The molecule has 6 rings (SSSR count). The van der Waals surface area contributed by atoms with E-state index < -0.39 is 6.08 Å². The second kappa shape index (κ2) is 4.48. The van der Waals surface area contributed by atoms with Crippen molar-refractivity contribution in [3.05, 3.63) is 54.0 Å². The maximum Gasteiger partial charge on any atom is 0.295 e. The molecule has 3 aliphatic rings. The molecule has 2 aromatic heterocycles.